The van der Waals surface area contributed by atoms with Crippen LogP contribution in [0, 0.1) is 0 Å². The van der Waals surface area contributed by atoms with Gasteiger partial charge in [0.05, 0.1) is 11.5 Å². The maximum Gasteiger partial charge on any atom is 0.416 e. The predicted molar refractivity (Wildman–Crippen MR) is 118 cm³/mol. The topological polar surface area (TPSA) is 23.6 Å². The Bertz CT molecular complexity index is 990. The monoisotopic (exact) mass is 438 g/mol. The van der Waals surface area contributed by atoms with Gasteiger partial charge in [0.15, 0.2) is 0 Å². The van der Waals surface area contributed by atoms with Crippen LogP contribution < -0.4 is 0 Å². The van der Waals surface area contributed by atoms with Crippen molar-refractivity contribution in [3.05, 3.63) is 107 Å². The van der Waals surface area contributed by atoms with E-state index in [1.54, 1.807) is 6.07 Å². The minimum Gasteiger partial charge on any atom is -0.339 e. The van der Waals surface area contributed by atoms with E-state index in [1.165, 1.54) is 12.1 Å². The molecule has 4 rings (SSSR count). The molecule has 6 heteroatoms. The van der Waals surface area contributed by atoms with E-state index < -0.39 is 17.7 Å². The van der Waals surface area contributed by atoms with Gasteiger partial charge < -0.3 is 4.90 Å². The Kier molecular flexibility index (Phi) is 6.61. The third-order valence-electron chi connectivity index (χ3n) is 5.91. The van der Waals surface area contributed by atoms with Crippen molar-refractivity contribution in [2.75, 3.05) is 26.2 Å². The van der Waals surface area contributed by atoms with Crippen LogP contribution in [0.25, 0.3) is 0 Å². The Hall–Kier alpha value is -3.12. The SMILES string of the molecule is O=C(C(c1ccccc1)c1ccccc1)N1CCN(Cc2ccccc2C(F)(F)F)CC1. The largest absolute Gasteiger partial charge is 0.416 e. The second kappa shape index (κ2) is 9.57. The summed E-state index contributed by atoms with van der Waals surface area (Å²) in [7, 11) is 0. The molecule has 1 aliphatic rings. The molecule has 1 heterocycles. The number of hydrogen-bond donors (Lipinski definition) is 0. The highest BCUT2D eigenvalue weighted by Crippen LogP contribution is 2.33. The van der Waals surface area contributed by atoms with Gasteiger partial charge in [-0.05, 0) is 22.8 Å². The summed E-state index contributed by atoms with van der Waals surface area (Å²) in [5.74, 6) is -0.368. The minimum absolute atomic E-state index is 0.0257. The Morgan fingerprint density at radius 1 is 0.750 bits per heavy atom. The van der Waals surface area contributed by atoms with Gasteiger partial charge in [0.2, 0.25) is 5.91 Å². The Morgan fingerprint density at radius 3 is 1.78 bits per heavy atom. The van der Waals surface area contributed by atoms with E-state index in [1.807, 2.05) is 70.5 Å². The van der Waals surface area contributed by atoms with Gasteiger partial charge in [-0.15, -0.1) is 0 Å². The Labute approximate surface area is 186 Å². The van der Waals surface area contributed by atoms with Crippen molar-refractivity contribution in [1.29, 1.82) is 0 Å². The van der Waals surface area contributed by atoms with Gasteiger partial charge in [0.25, 0.3) is 0 Å². The van der Waals surface area contributed by atoms with Crippen molar-refractivity contribution in [1.82, 2.24) is 9.80 Å². The molecule has 1 fully saturated rings. The highest BCUT2D eigenvalue weighted by Gasteiger charge is 2.34. The molecule has 0 N–H and O–H groups in total. The van der Waals surface area contributed by atoms with E-state index in [-0.39, 0.29) is 18.0 Å². The van der Waals surface area contributed by atoms with Gasteiger partial charge >= 0.3 is 6.18 Å². The summed E-state index contributed by atoms with van der Waals surface area (Å²) in [6.07, 6.45) is -4.37. The number of carbonyl (C=O) groups excluding carboxylic acids is 1. The van der Waals surface area contributed by atoms with Crippen LogP contribution in [0.3, 0.4) is 0 Å². The lowest BCUT2D eigenvalue weighted by atomic mass is 9.90. The van der Waals surface area contributed by atoms with Crippen LogP contribution in [0.2, 0.25) is 0 Å². The van der Waals surface area contributed by atoms with Crippen molar-refractivity contribution in [2.24, 2.45) is 0 Å². The normalized spacial score (nSPS) is 15.2. The van der Waals surface area contributed by atoms with Gasteiger partial charge in [-0.25, -0.2) is 0 Å². The predicted octanol–water partition coefficient (Wildman–Crippen LogP) is 5.18. The number of hydrogen-bond acceptors (Lipinski definition) is 2. The van der Waals surface area contributed by atoms with Gasteiger partial charge in [-0.3, -0.25) is 9.69 Å². The van der Waals surface area contributed by atoms with E-state index in [0.717, 1.165) is 17.2 Å². The van der Waals surface area contributed by atoms with E-state index in [0.29, 0.717) is 26.2 Å². The van der Waals surface area contributed by atoms with E-state index >= 15 is 0 Å². The van der Waals surface area contributed by atoms with Gasteiger partial charge in [-0.1, -0.05) is 78.9 Å². The second-order valence-corrected chi connectivity index (χ2v) is 8.01. The number of amides is 1. The van der Waals surface area contributed by atoms with Crippen LogP contribution in [0.1, 0.15) is 28.2 Å². The van der Waals surface area contributed by atoms with Crippen LogP contribution in [0.15, 0.2) is 84.9 Å². The highest BCUT2D eigenvalue weighted by atomic mass is 19.4. The fourth-order valence-electron chi connectivity index (χ4n) is 4.25. The lowest BCUT2D eigenvalue weighted by Gasteiger charge is -2.37. The number of halogens is 3. The van der Waals surface area contributed by atoms with Crippen LogP contribution >= 0.6 is 0 Å². The van der Waals surface area contributed by atoms with Crippen molar-refractivity contribution >= 4 is 5.91 Å². The van der Waals surface area contributed by atoms with Crippen LogP contribution in [0.5, 0.6) is 0 Å². The first kappa shape index (κ1) is 22.1. The quantitative estimate of drug-likeness (QED) is 0.548. The Morgan fingerprint density at radius 2 is 1.25 bits per heavy atom. The first-order valence-electron chi connectivity index (χ1n) is 10.7. The molecule has 3 nitrogen and oxygen atoms in total. The lowest BCUT2D eigenvalue weighted by Crippen LogP contribution is -2.49. The van der Waals surface area contributed by atoms with Crippen molar-refractivity contribution < 1.29 is 18.0 Å². The number of benzene rings is 3. The molecular weight excluding hydrogens is 413 g/mol. The third-order valence-corrected chi connectivity index (χ3v) is 5.91. The van der Waals surface area contributed by atoms with Crippen molar-refractivity contribution in [3.8, 4) is 0 Å². The zero-order valence-corrected chi connectivity index (χ0v) is 17.6. The molecule has 3 aromatic carbocycles. The number of carbonyl (C=O) groups is 1. The molecule has 0 aromatic heterocycles. The number of alkyl halides is 3. The zero-order chi connectivity index (χ0) is 22.6. The van der Waals surface area contributed by atoms with E-state index in [2.05, 4.69) is 0 Å². The van der Waals surface area contributed by atoms with Crippen LogP contribution in [-0.4, -0.2) is 41.9 Å². The minimum atomic E-state index is -4.37. The molecule has 32 heavy (non-hydrogen) atoms. The summed E-state index contributed by atoms with van der Waals surface area (Å²) in [6, 6.07) is 25.1. The Balaban J connectivity index is 1.46. The third kappa shape index (κ3) is 5.02. The molecule has 166 valence electrons. The first-order valence-corrected chi connectivity index (χ1v) is 10.7. The summed E-state index contributed by atoms with van der Waals surface area (Å²) in [5, 5.41) is 0. The fourth-order valence-corrected chi connectivity index (χ4v) is 4.25. The maximum absolute atomic E-state index is 13.5. The van der Waals surface area contributed by atoms with E-state index in [9.17, 15) is 18.0 Å². The van der Waals surface area contributed by atoms with Gasteiger partial charge in [0.1, 0.15) is 0 Å². The highest BCUT2D eigenvalue weighted by molar-refractivity contribution is 5.87. The summed E-state index contributed by atoms with van der Waals surface area (Å²) < 4.78 is 39.9. The average Bonchev–Trinajstić information content (AvgIpc) is 2.81. The molecule has 1 saturated heterocycles. The number of nitrogens with zero attached hydrogens (tertiary/aromatic N) is 2. The molecule has 0 atom stereocenters. The summed E-state index contributed by atoms with van der Waals surface area (Å²) in [4.78, 5) is 17.3. The first-order chi connectivity index (χ1) is 15.4. The maximum atomic E-state index is 13.5. The van der Waals surface area contributed by atoms with Gasteiger partial charge in [0, 0.05) is 32.7 Å². The summed E-state index contributed by atoms with van der Waals surface area (Å²) in [6.45, 7) is 2.27. The smallest absolute Gasteiger partial charge is 0.339 e. The molecule has 3 aromatic rings. The molecule has 0 radical (unpaired) electrons. The van der Waals surface area contributed by atoms with Crippen LogP contribution in [-0.2, 0) is 17.5 Å². The molecule has 0 aliphatic carbocycles. The van der Waals surface area contributed by atoms with Crippen molar-refractivity contribution in [2.45, 2.75) is 18.6 Å². The van der Waals surface area contributed by atoms with Crippen LogP contribution in [0.4, 0.5) is 13.2 Å². The number of piperazine rings is 1. The molecule has 0 spiro atoms. The second-order valence-electron chi connectivity index (χ2n) is 8.01. The number of rotatable bonds is 5. The van der Waals surface area contributed by atoms with E-state index in [4.69, 9.17) is 0 Å². The van der Waals surface area contributed by atoms with Crippen molar-refractivity contribution in [3.63, 3.8) is 0 Å². The molecule has 1 aliphatic heterocycles. The summed E-state index contributed by atoms with van der Waals surface area (Å²) >= 11 is 0. The zero-order valence-electron chi connectivity index (χ0n) is 17.6. The average molecular weight is 438 g/mol. The molecule has 0 bridgehead atoms. The summed E-state index contributed by atoms with van der Waals surface area (Å²) in [5.41, 5.74) is 1.55. The molecule has 0 saturated carbocycles. The molecular formula is C26H25F3N2O. The van der Waals surface area contributed by atoms with Gasteiger partial charge in [-0.2, -0.15) is 13.2 Å². The lowest BCUT2D eigenvalue weighted by molar-refractivity contribution is -0.138. The standard InChI is InChI=1S/C26H25F3N2O/c27-26(28,29)23-14-8-7-13-22(23)19-30-15-17-31(18-16-30)25(32)24(20-9-3-1-4-10-20)21-11-5-2-6-12-21/h1-14,24H,15-19H2. The fraction of sp³-hybridized carbons (Fsp3) is 0.269. The molecule has 0 unspecified atom stereocenters. The molecule has 1 amide bonds.